The molecule has 3 aromatic rings. The molecule has 0 spiro atoms. The van der Waals surface area contributed by atoms with Gasteiger partial charge in [0, 0.05) is 34.6 Å². The number of rotatable bonds is 9. The monoisotopic (exact) mass is 668 g/mol. The lowest BCUT2D eigenvalue weighted by molar-refractivity contribution is 0.0952. The number of hydrogen-bond donors (Lipinski definition) is 2. The molecule has 0 atom stereocenters. The van der Waals surface area contributed by atoms with Crippen LogP contribution >= 0.6 is 27.5 Å². The maximum Gasteiger partial charge on any atom is 0.270 e. The highest BCUT2D eigenvalue weighted by Gasteiger charge is 2.30. The molecule has 12 heteroatoms. The number of nitrogens with zero attached hydrogens (tertiary/aromatic N) is 2. The highest BCUT2D eigenvalue weighted by molar-refractivity contribution is 9.10. The van der Waals surface area contributed by atoms with E-state index in [9.17, 15) is 18.0 Å². The molecule has 1 aromatic heterocycles. The fourth-order valence-electron chi connectivity index (χ4n) is 4.93. The standard InChI is InChI=1S/C30H26BrClN4O5S/c1-3-9-24-34-28(32)27(30(38)33-2)36(24)16-22-19-14-15-41-17-23(19)26(31)25(22)20-12-7-8-13-21(20)29(37)35-42(39,40)18-10-5-4-6-11-18/h4-8,10-15,17H,3,9,16H2,1-2H3,(H,33,38)(H,35,37). The first-order valence-electron chi connectivity index (χ1n) is 13.0. The van der Waals surface area contributed by atoms with Crippen LogP contribution in [-0.4, -0.2) is 36.8 Å². The van der Waals surface area contributed by atoms with E-state index in [1.54, 1.807) is 65.6 Å². The Bertz CT molecular complexity index is 1870. The molecule has 2 aromatic carbocycles. The SMILES string of the molecule is CCCc1nc(Cl)c(C(=O)NC)n1Cc1c2ccocc-2c(Br)c1-c1ccccc1C(=O)NS(=O)(=O)c1ccccc1. The van der Waals surface area contributed by atoms with Crippen molar-refractivity contribution in [1.29, 1.82) is 0 Å². The lowest BCUT2D eigenvalue weighted by atomic mass is 9.97. The van der Waals surface area contributed by atoms with Crippen molar-refractivity contribution < 1.29 is 22.4 Å². The molecular formula is C30H26BrClN4O5S. The Labute approximate surface area is 256 Å². The van der Waals surface area contributed by atoms with Crippen molar-refractivity contribution in [3.8, 4) is 22.3 Å². The van der Waals surface area contributed by atoms with Crippen molar-refractivity contribution in [2.24, 2.45) is 0 Å². The summed E-state index contributed by atoms with van der Waals surface area (Å²) in [5, 5.41) is 2.73. The molecule has 0 bridgehead atoms. The third-order valence-corrected chi connectivity index (χ3v) is 9.26. The van der Waals surface area contributed by atoms with Gasteiger partial charge in [0.1, 0.15) is 11.5 Å². The Balaban J connectivity index is 1.68. The lowest BCUT2D eigenvalue weighted by Crippen LogP contribution is -2.31. The van der Waals surface area contributed by atoms with Crippen LogP contribution in [0.2, 0.25) is 5.15 Å². The summed E-state index contributed by atoms with van der Waals surface area (Å²) in [5.74, 6) is -0.531. The van der Waals surface area contributed by atoms with E-state index < -0.39 is 15.9 Å². The lowest BCUT2D eigenvalue weighted by Gasteiger charge is -2.16. The minimum Gasteiger partial charge on any atom is -0.472 e. The number of sulfonamides is 1. The maximum atomic E-state index is 13.5. The summed E-state index contributed by atoms with van der Waals surface area (Å²) in [6.45, 7) is 2.20. The molecule has 0 unspecified atom stereocenters. The van der Waals surface area contributed by atoms with E-state index in [2.05, 4.69) is 31.0 Å². The number of amides is 2. The van der Waals surface area contributed by atoms with E-state index in [1.165, 1.54) is 19.2 Å². The van der Waals surface area contributed by atoms with Gasteiger partial charge in [0.15, 0.2) is 5.15 Å². The maximum absolute atomic E-state index is 13.5. The Morgan fingerprint density at radius 2 is 1.71 bits per heavy atom. The van der Waals surface area contributed by atoms with E-state index in [-0.39, 0.29) is 33.8 Å². The fourth-order valence-corrected chi connectivity index (χ4v) is 6.96. The van der Waals surface area contributed by atoms with Gasteiger partial charge in [0.2, 0.25) is 0 Å². The van der Waals surface area contributed by atoms with Crippen molar-refractivity contribution in [3.63, 3.8) is 0 Å². The predicted molar refractivity (Wildman–Crippen MR) is 163 cm³/mol. The summed E-state index contributed by atoms with van der Waals surface area (Å²) in [6.07, 6.45) is 4.48. The first-order chi connectivity index (χ1) is 20.2. The Morgan fingerprint density at radius 1 is 1.00 bits per heavy atom. The minimum absolute atomic E-state index is 0.0273. The number of fused-ring (bicyclic) bond motifs is 1. The van der Waals surface area contributed by atoms with Crippen LogP contribution < -0.4 is 10.0 Å². The third-order valence-electron chi connectivity index (χ3n) is 6.83. The zero-order chi connectivity index (χ0) is 30.0. The van der Waals surface area contributed by atoms with Crippen LogP contribution in [0.25, 0.3) is 22.3 Å². The molecule has 2 heterocycles. The fraction of sp³-hybridized carbons (Fsp3) is 0.167. The Morgan fingerprint density at radius 3 is 2.43 bits per heavy atom. The molecule has 1 aliphatic carbocycles. The molecule has 42 heavy (non-hydrogen) atoms. The molecule has 2 aliphatic rings. The number of carbonyl (C=O) groups is 2. The number of aromatic nitrogens is 2. The van der Waals surface area contributed by atoms with Crippen LogP contribution in [-0.2, 0) is 23.0 Å². The van der Waals surface area contributed by atoms with Crippen LogP contribution in [0.5, 0.6) is 0 Å². The summed E-state index contributed by atoms with van der Waals surface area (Å²) >= 11 is 10.2. The van der Waals surface area contributed by atoms with Crippen molar-refractivity contribution in [3.05, 3.63) is 105 Å². The Kier molecular flexibility index (Phi) is 8.53. The third kappa shape index (κ3) is 5.47. The van der Waals surface area contributed by atoms with Gasteiger partial charge in [0.05, 0.1) is 24.0 Å². The van der Waals surface area contributed by atoms with Gasteiger partial charge < -0.3 is 14.3 Å². The van der Waals surface area contributed by atoms with E-state index in [0.717, 1.165) is 23.1 Å². The van der Waals surface area contributed by atoms with Gasteiger partial charge in [-0.15, -0.1) is 0 Å². The number of nitrogens with one attached hydrogen (secondary N) is 2. The number of halogens is 2. The number of aryl methyl sites for hydroxylation is 1. The zero-order valence-electron chi connectivity index (χ0n) is 22.6. The molecule has 216 valence electrons. The molecule has 2 amide bonds. The quantitative estimate of drug-likeness (QED) is 0.194. The molecule has 0 fully saturated rings. The molecule has 0 saturated heterocycles. The normalized spacial score (nSPS) is 11.5. The van der Waals surface area contributed by atoms with Crippen LogP contribution in [0.4, 0.5) is 0 Å². The molecular weight excluding hydrogens is 644 g/mol. The van der Waals surface area contributed by atoms with Crippen LogP contribution in [0.15, 0.2) is 87.0 Å². The zero-order valence-corrected chi connectivity index (χ0v) is 25.8. The van der Waals surface area contributed by atoms with E-state index in [1.807, 2.05) is 6.92 Å². The molecule has 1 aliphatic heterocycles. The second-order valence-electron chi connectivity index (χ2n) is 9.43. The van der Waals surface area contributed by atoms with Crippen LogP contribution in [0.1, 0.15) is 45.6 Å². The molecule has 0 saturated carbocycles. The first kappa shape index (κ1) is 29.6. The Hall–Kier alpha value is -3.93. The highest BCUT2D eigenvalue weighted by atomic mass is 79.9. The topological polar surface area (TPSA) is 123 Å². The summed E-state index contributed by atoms with van der Waals surface area (Å²) in [4.78, 5) is 30.9. The summed E-state index contributed by atoms with van der Waals surface area (Å²) in [7, 11) is -2.60. The number of hydrogen-bond acceptors (Lipinski definition) is 6. The van der Waals surface area contributed by atoms with Gasteiger partial charge in [-0.25, -0.2) is 18.1 Å². The summed E-state index contributed by atoms with van der Waals surface area (Å²) in [6, 6.07) is 16.2. The van der Waals surface area contributed by atoms with Gasteiger partial charge in [0.25, 0.3) is 21.8 Å². The van der Waals surface area contributed by atoms with Gasteiger partial charge in [-0.05, 0) is 63.3 Å². The average molecular weight is 670 g/mol. The number of benzene rings is 2. The van der Waals surface area contributed by atoms with Gasteiger partial charge >= 0.3 is 0 Å². The summed E-state index contributed by atoms with van der Waals surface area (Å²) in [5.41, 5.74) is 3.81. The number of imidazole rings is 1. The van der Waals surface area contributed by atoms with Crippen molar-refractivity contribution in [1.82, 2.24) is 19.6 Å². The van der Waals surface area contributed by atoms with E-state index in [0.29, 0.717) is 27.8 Å². The van der Waals surface area contributed by atoms with Crippen molar-refractivity contribution in [2.75, 3.05) is 7.05 Å². The smallest absolute Gasteiger partial charge is 0.270 e. The first-order valence-corrected chi connectivity index (χ1v) is 15.7. The molecule has 2 N–H and O–H groups in total. The molecule has 9 nitrogen and oxygen atoms in total. The van der Waals surface area contributed by atoms with Crippen molar-refractivity contribution in [2.45, 2.75) is 31.2 Å². The minimum atomic E-state index is -4.13. The van der Waals surface area contributed by atoms with E-state index in [4.69, 9.17) is 16.0 Å². The molecule has 0 radical (unpaired) electrons. The van der Waals surface area contributed by atoms with Crippen LogP contribution in [0, 0.1) is 0 Å². The second kappa shape index (κ2) is 12.1. The molecule has 5 rings (SSSR count). The predicted octanol–water partition coefficient (Wildman–Crippen LogP) is 6.14. The van der Waals surface area contributed by atoms with Gasteiger partial charge in [-0.2, -0.15) is 0 Å². The highest BCUT2D eigenvalue weighted by Crippen LogP contribution is 2.47. The number of carbonyl (C=O) groups excluding carboxylic acids is 2. The van der Waals surface area contributed by atoms with E-state index >= 15 is 0 Å². The van der Waals surface area contributed by atoms with Crippen molar-refractivity contribution >= 4 is 49.4 Å². The van der Waals surface area contributed by atoms with Crippen LogP contribution in [0.3, 0.4) is 0 Å². The summed E-state index contributed by atoms with van der Waals surface area (Å²) < 4.78 is 36.1. The largest absolute Gasteiger partial charge is 0.472 e. The average Bonchev–Trinajstić information content (AvgIpc) is 3.45. The van der Waals surface area contributed by atoms with Gasteiger partial charge in [-0.1, -0.05) is 54.9 Å². The second-order valence-corrected chi connectivity index (χ2v) is 12.3. The van der Waals surface area contributed by atoms with Gasteiger partial charge in [-0.3, -0.25) is 9.59 Å².